The monoisotopic (exact) mass is 275 g/mol. The van der Waals surface area contributed by atoms with Crippen LogP contribution in [0.2, 0.25) is 0 Å². The fraction of sp³-hybridized carbons (Fsp3) is 0.500. The molecule has 0 radical (unpaired) electrons. The maximum absolute atomic E-state index is 12.5. The van der Waals surface area contributed by atoms with E-state index in [4.69, 9.17) is 5.73 Å². The highest BCUT2D eigenvalue weighted by atomic mass is 16.4. The van der Waals surface area contributed by atoms with Gasteiger partial charge in [-0.25, -0.2) is 9.78 Å². The molecule has 3 unspecified atom stereocenters. The van der Waals surface area contributed by atoms with E-state index in [1.807, 2.05) is 0 Å². The van der Waals surface area contributed by atoms with E-state index in [1.54, 1.807) is 12.1 Å². The number of nitrogens with two attached hydrogens (primary N) is 1. The second-order valence-electron chi connectivity index (χ2n) is 5.57. The van der Waals surface area contributed by atoms with Gasteiger partial charge in [-0.15, -0.1) is 0 Å². The van der Waals surface area contributed by atoms with E-state index < -0.39 is 12.0 Å². The molecule has 1 aromatic heterocycles. The van der Waals surface area contributed by atoms with Crippen LogP contribution in [0, 0.1) is 11.8 Å². The van der Waals surface area contributed by atoms with Gasteiger partial charge in [0.15, 0.2) is 0 Å². The first-order valence-electron chi connectivity index (χ1n) is 6.83. The van der Waals surface area contributed by atoms with Crippen molar-refractivity contribution in [3.05, 3.63) is 24.0 Å². The quantitative estimate of drug-likeness (QED) is 0.839. The number of amides is 1. The maximum atomic E-state index is 12.5. The van der Waals surface area contributed by atoms with E-state index in [2.05, 4.69) is 4.98 Å². The number of carboxylic acid groups (broad SMARTS) is 1. The Morgan fingerprint density at radius 1 is 1.35 bits per heavy atom. The zero-order valence-corrected chi connectivity index (χ0v) is 11.0. The number of fused-ring (bicyclic) bond motifs is 1. The Labute approximate surface area is 116 Å². The molecule has 106 valence electrons. The summed E-state index contributed by atoms with van der Waals surface area (Å²) in [6.07, 6.45) is 4.37. The number of anilines is 1. The molecule has 3 N–H and O–H groups in total. The van der Waals surface area contributed by atoms with E-state index in [0.29, 0.717) is 18.2 Å². The molecule has 6 heteroatoms. The minimum absolute atomic E-state index is 0.0882. The Balaban J connectivity index is 1.87. The molecule has 1 amide bonds. The number of carbonyl (C=O) groups excluding carboxylic acids is 1. The first-order chi connectivity index (χ1) is 9.58. The van der Waals surface area contributed by atoms with Crippen molar-refractivity contribution < 1.29 is 14.7 Å². The molecule has 2 heterocycles. The SMILES string of the molecule is Nc1ccc(C(=O)N2CC3CCCC3C2C(=O)O)nc1. The smallest absolute Gasteiger partial charge is 0.326 e. The Bertz CT molecular complexity index is 543. The Morgan fingerprint density at radius 2 is 2.15 bits per heavy atom. The summed E-state index contributed by atoms with van der Waals surface area (Å²) in [5.41, 5.74) is 6.29. The number of nitrogens with zero attached hydrogens (tertiary/aromatic N) is 2. The van der Waals surface area contributed by atoms with Crippen molar-refractivity contribution in [2.45, 2.75) is 25.3 Å². The maximum Gasteiger partial charge on any atom is 0.326 e. The molecule has 6 nitrogen and oxygen atoms in total. The highest BCUT2D eigenvalue weighted by molar-refractivity contribution is 5.95. The number of hydrogen-bond donors (Lipinski definition) is 2. The van der Waals surface area contributed by atoms with E-state index >= 15 is 0 Å². The molecule has 2 fully saturated rings. The molecule has 0 spiro atoms. The normalized spacial score (nSPS) is 28.4. The minimum Gasteiger partial charge on any atom is -0.480 e. The third kappa shape index (κ3) is 2.01. The molecule has 1 aliphatic heterocycles. The predicted molar refractivity (Wildman–Crippen MR) is 71.9 cm³/mol. The first-order valence-corrected chi connectivity index (χ1v) is 6.83. The lowest BCUT2D eigenvalue weighted by Crippen LogP contribution is -2.43. The molecular weight excluding hydrogens is 258 g/mol. The lowest BCUT2D eigenvalue weighted by Gasteiger charge is -2.24. The van der Waals surface area contributed by atoms with Gasteiger partial charge in [0, 0.05) is 6.54 Å². The van der Waals surface area contributed by atoms with Crippen LogP contribution in [0.5, 0.6) is 0 Å². The summed E-state index contributed by atoms with van der Waals surface area (Å²) in [6.45, 7) is 0.520. The largest absolute Gasteiger partial charge is 0.480 e. The molecule has 0 aromatic carbocycles. The average molecular weight is 275 g/mol. The summed E-state index contributed by atoms with van der Waals surface area (Å²) in [5.74, 6) is -0.825. The van der Waals surface area contributed by atoms with Crippen LogP contribution in [0.3, 0.4) is 0 Å². The third-order valence-corrected chi connectivity index (χ3v) is 4.41. The average Bonchev–Trinajstić information content (AvgIpc) is 2.97. The van der Waals surface area contributed by atoms with Gasteiger partial charge in [0.25, 0.3) is 5.91 Å². The van der Waals surface area contributed by atoms with Crippen molar-refractivity contribution in [2.24, 2.45) is 11.8 Å². The van der Waals surface area contributed by atoms with Crippen LogP contribution in [0.15, 0.2) is 18.3 Å². The summed E-state index contributed by atoms with van der Waals surface area (Å²) in [4.78, 5) is 29.4. The van der Waals surface area contributed by atoms with Crippen LogP contribution in [-0.4, -0.2) is 39.5 Å². The summed E-state index contributed by atoms with van der Waals surface area (Å²) < 4.78 is 0. The molecular formula is C14H17N3O3. The standard InChI is InChI=1S/C14H17N3O3/c15-9-4-5-11(16-6-9)13(18)17-7-8-2-1-3-10(8)12(17)14(19)20/h4-6,8,10,12H,1-3,7,15H2,(H,19,20). The molecule has 20 heavy (non-hydrogen) atoms. The van der Waals surface area contributed by atoms with Gasteiger partial charge in [0.2, 0.25) is 0 Å². The number of nitrogen functional groups attached to an aromatic ring is 1. The number of carbonyl (C=O) groups is 2. The lowest BCUT2D eigenvalue weighted by molar-refractivity contribution is -0.142. The van der Waals surface area contributed by atoms with Crippen LogP contribution in [0.25, 0.3) is 0 Å². The fourth-order valence-electron chi connectivity index (χ4n) is 3.51. The van der Waals surface area contributed by atoms with E-state index in [0.717, 1.165) is 19.3 Å². The van der Waals surface area contributed by atoms with E-state index in [-0.39, 0.29) is 17.5 Å². The molecule has 1 saturated heterocycles. The molecule has 3 atom stereocenters. The van der Waals surface area contributed by atoms with Gasteiger partial charge in [-0.2, -0.15) is 0 Å². The zero-order chi connectivity index (χ0) is 14.3. The van der Waals surface area contributed by atoms with E-state index in [9.17, 15) is 14.7 Å². The van der Waals surface area contributed by atoms with Crippen LogP contribution in [-0.2, 0) is 4.79 Å². The molecule has 1 saturated carbocycles. The van der Waals surface area contributed by atoms with Gasteiger partial charge in [0.1, 0.15) is 11.7 Å². The van der Waals surface area contributed by atoms with Crippen LogP contribution >= 0.6 is 0 Å². The van der Waals surface area contributed by atoms with Crippen molar-refractivity contribution in [3.63, 3.8) is 0 Å². The summed E-state index contributed by atoms with van der Waals surface area (Å²) >= 11 is 0. The number of aromatic nitrogens is 1. The highest BCUT2D eigenvalue weighted by Crippen LogP contribution is 2.42. The van der Waals surface area contributed by atoms with Gasteiger partial charge >= 0.3 is 5.97 Å². The Hall–Kier alpha value is -2.11. The number of carboxylic acids is 1. The fourth-order valence-corrected chi connectivity index (χ4v) is 3.51. The van der Waals surface area contributed by atoms with Crippen LogP contribution < -0.4 is 5.73 Å². The molecule has 2 aliphatic rings. The highest BCUT2D eigenvalue weighted by Gasteiger charge is 2.49. The van der Waals surface area contributed by atoms with Crippen molar-refractivity contribution in [1.29, 1.82) is 0 Å². The summed E-state index contributed by atoms with van der Waals surface area (Å²) in [7, 11) is 0. The predicted octanol–water partition coefficient (Wildman–Crippen LogP) is 0.989. The van der Waals surface area contributed by atoms with Crippen molar-refractivity contribution in [3.8, 4) is 0 Å². The first kappa shape index (κ1) is 12.9. The third-order valence-electron chi connectivity index (χ3n) is 4.41. The van der Waals surface area contributed by atoms with Gasteiger partial charge in [-0.3, -0.25) is 4.79 Å². The number of aliphatic carboxylic acids is 1. The molecule has 1 aromatic rings. The number of hydrogen-bond acceptors (Lipinski definition) is 4. The topological polar surface area (TPSA) is 96.5 Å². The van der Waals surface area contributed by atoms with Crippen molar-refractivity contribution in [2.75, 3.05) is 12.3 Å². The minimum atomic E-state index is -0.914. The number of pyridine rings is 1. The Kier molecular flexibility index (Phi) is 3.08. The lowest BCUT2D eigenvalue weighted by atomic mass is 9.94. The summed E-state index contributed by atoms with van der Waals surface area (Å²) in [5, 5.41) is 9.44. The summed E-state index contributed by atoms with van der Waals surface area (Å²) in [6, 6.07) is 2.44. The number of likely N-dealkylation sites (tertiary alicyclic amines) is 1. The van der Waals surface area contributed by atoms with Gasteiger partial charge in [-0.05, 0) is 36.8 Å². The van der Waals surface area contributed by atoms with Crippen molar-refractivity contribution >= 4 is 17.6 Å². The van der Waals surface area contributed by atoms with E-state index in [1.165, 1.54) is 11.1 Å². The van der Waals surface area contributed by atoms with Crippen LogP contribution in [0.1, 0.15) is 29.8 Å². The Morgan fingerprint density at radius 3 is 2.80 bits per heavy atom. The van der Waals surface area contributed by atoms with Gasteiger partial charge in [-0.1, -0.05) is 6.42 Å². The van der Waals surface area contributed by atoms with Crippen LogP contribution in [0.4, 0.5) is 5.69 Å². The van der Waals surface area contributed by atoms with Gasteiger partial charge < -0.3 is 15.7 Å². The molecule has 3 rings (SSSR count). The second-order valence-corrected chi connectivity index (χ2v) is 5.57. The molecule has 1 aliphatic carbocycles. The second kappa shape index (κ2) is 4.77. The van der Waals surface area contributed by atoms with Crippen molar-refractivity contribution in [1.82, 2.24) is 9.88 Å². The molecule has 0 bridgehead atoms. The number of rotatable bonds is 2. The van der Waals surface area contributed by atoms with Gasteiger partial charge in [0.05, 0.1) is 11.9 Å². The zero-order valence-electron chi connectivity index (χ0n) is 11.0.